The predicted molar refractivity (Wildman–Crippen MR) is 60.5 cm³/mol. The van der Waals surface area contributed by atoms with Gasteiger partial charge in [-0.1, -0.05) is 0 Å². The SMILES string of the molecule is Cc1nc(C)c(C(=O)N[C@@H]2CNC(=O)C2)s1. The van der Waals surface area contributed by atoms with Crippen LogP contribution in [0.2, 0.25) is 0 Å². The highest BCUT2D eigenvalue weighted by atomic mass is 32.1. The van der Waals surface area contributed by atoms with E-state index >= 15 is 0 Å². The molecule has 2 rings (SSSR count). The first-order chi connectivity index (χ1) is 7.56. The fraction of sp³-hybridized carbons (Fsp3) is 0.500. The molecule has 1 aliphatic heterocycles. The first-order valence-corrected chi connectivity index (χ1v) is 5.89. The summed E-state index contributed by atoms with van der Waals surface area (Å²) >= 11 is 1.38. The van der Waals surface area contributed by atoms with Crippen LogP contribution in [0, 0.1) is 13.8 Å². The Kier molecular flexibility index (Phi) is 2.91. The van der Waals surface area contributed by atoms with Crippen molar-refractivity contribution >= 4 is 23.2 Å². The molecule has 1 aromatic heterocycles. The Balaban J connectivity index is 2.03. The van der Waals surface area contributed by atoms with Crippen LogP contribution in [0.5, 0.6) is 0 Å². The third-order valence-corrected chi connectivity index (χ3v) is 3.49. The Morgan fingerprint density at radius 2 is 2.31 bits per heavy atom. The van der Waals surface area contributed by atoms with Gasteiger partial charge in [0.25, 0.3) is 5.91 Å². The van der Waals surface area contributed by atoms with Gasteiger partial charge in [-0.3, -0.25) is 9.59 Å². The molecule has 1 aromatic rings. The smallest absolute Gasteiger partial charge is 0.263 e. The zero-order valence-electron chi connectivity index (χ0n) is 9.16. The minimum atomic E-state index is -0.135. The third-order valence-electron chi connectivity index (χ3n) is 2.42. The number of thiazole rings is 1. The molecule has 0 aromatic carbocycles. The van der Waals surface area contributed by atoms with Crippen molar-refractivity contribution in [1.82, 2.24) is 15.6 Å². The standard InChI is InChI=1S/C10H13N3O2S/c1-5-9(16-6(2)12-5)10(15)13-7-3-8(14)11-4-7/h7H,3-4H2,1-2H3,(H,11,14)(H,13,15)/t7-/m0/s1. The summed E-state index contributed by atoms with van der Waals surface area (Å²) in [7, 11) is 0. The largest absolute Gasteiger partial charge is 0.354 e. The van der Waals surface area contributed by atoms with Crippen LogP contribution in [-0.2, 0) is 4.79 Å². The second kappa shape index (κ2) is 4.21. The second-order valence-electron chi connectivity index (χ2n) is 3.83. The summed E-state index contributed by atoms with van der Waals surface area (Å²) in [6.45, 7) is 4.20. The van der Waals surface area contributed by atoms with E-state index in [1.165, 1.54) is 11.3 Å². The maximum atomic E-state index is 11.9. The Morgan fingerprint density at radius 3 is 2.81 bits per heavy atom. The average molecular weight is 239 g/mol. The van der Waals surface area contributed by atoms with Gasteiger partial charge in [-0.25, -0.2) is 4.98 Å². The van der Waals surface area contributed by atoms with Crippen molar-refractivity contribution in [3.63, 3.8) is 0 Å². The van der Waals surface area contributed by atoms with E-state index in [0.717, 1.165) is 10.7 Å². The van der Waals surface area contributed by atoms with Gasteiger partial charge in [0, 0.05) is 13.0 Å². The summed E-state index contributed by atoms with van der Waals surface area (Å²) < 4.78 is 0. The molecule has 16 heavy (non-hydrogen) atoms. The van der Waals surface area contributed by atoms with E-state index in [0.29, 0.717) is 17.8 Å². The van der Waals surface area contributed by atoms with E-state index in [1.54, 1.807) is 0 Å². The molecule has 86 valence electrons. The number of hydrogen-bond acceptors (Lipinski definition) is 4. The molecule has 1 aliphatic rings. The van der Waals surface area contributed by atoms with Crippen molar-refractivity contribution in [3.8, 4) is 0 Å². The zero-order valence-corrected chi connectivity index (χ0v) is 9.98. The average Bonchev–Trinajstić information content (AvgIpc) is 2.73. The molecule has 0 bridgehead atoms. The van der Waals surface area contributed by atoms with Crippen LogP contribution < -0.4 is 10.6 Å². The molecule has 1 atom stereocenters. The molecule has 5 nitrogen and oxygen atoms in total. The Bertz CT molecular complexity index is 441. The van der Waals surface area contributed by atoms with Gasteiger partial charge in [-0.05, 0) is 13.8 Å². The minimum Gasteiger partial charge on any atom is -0.354 e. The second-order valence-corrected chi connectivity index (χ2v) is 5.03. The van der Waals surface area contributed by atoms with Crippen molar-refractivity contribution in [2.45, 2.75) is 26.3 Å². The molecule has 0 aliphatic carbocycles. The number of carbonyl (C=O) groups excluding carboxylic acids is 2. The first kappa shape index (κ1) is 11.1. The molecular formula is C10H13N3O2S. The lowest BCUT2D eigenvalue weighted by molar-refractivity contribution is -0.119. The fourth-order valence-corrected chi connectivity index (χ4v) is 2.52. The highest BCUT2D eigenvalue weighted by Gasteiger charge is 2.24. The van der Waals surface area contributed by atoms with E-state index in [9.17, 15) is 9.59 Å². The van der Waals surface area contributed by atoms with Crippen LogP contribution >= 0.6 is 11.3 Å². The molecular weight excluding hydrogens is 226 g/mol. The van der Waals surface area contributed by atoms with Gasteiger partial charge in [-0.15, -0.1) is 11.3 Å². The van der Waals surface area contributed by atoms with Crippen LogP contribution in [0.25, 0.3) is 0 Å². The maximum Gasteiger partial charge on any atom is 0.263 e. The lowest BCUT2D eigenvalue weighted by atomic mass is 10.2. The lowest BCUT2D eigenvalue weighted by Crippen LogP contribution is -2.36. The molecule has 0 saturated carbocycles. The molecule has 1 fully saturated rings. The Hall–Kier alpha value is -1.43. The molecule has 2 N–H and O–H groups in total. The fourth-order valence-electron chi connectivity index (χ4n) is 1.70. The van der Waals surface area contributed by atoms with Crippen molar-refractivity contribution in [2.24, 2.45) is 0 Å². The number of carbonyl (C=O) groups is 2. The zero-order chi connectivity index (χ0) is 11.7. The van der Waals surface area contributed by atoms with Crippen LogP contribution in [0.1, 0.15) is 26.8 Å². The summed E-state index contributed by atoms with van der Waals surface area (Å²) in [6.07, 6.45) is 0.364. The highest BCUT2D eigenvalue weighted by molar-refractivity contribution is 7.13. The maximum absolute atomic E-state index is 11.9. The first-order valence-electron chi connectivity index (χ1n) is 5.08. The van der Waals surface area contributed by atoms with Crippen molar-refractivity contribution in [2.75, 3.05) is 6.54 Å². The molecule has 6 heteroatoms. The number of aryl methyl sites for hydroxylation is 2. The van der Waals surface area contributed by atoms with E-state index in [1.807, 2.05) is 13.8 Å². The molecule has 2 heterocycles. The van der Waals surface area contributed by atoms with Gasteiger partial charge in [0.05, 0.1) is 16.7 Å². The summed E-state index contributed by atoms with van der Waals surface area (Å²) in [4.78, 5) is 27.7. The van der Waals surface area contributed by atoms with Gasteiger partial charge in [0.2, 0.25) is 5.91 Å². The number of nitrogens with zero attached hydrogens (tertiary/aromatic N) is 1. The van der Waals surface area contributed by atoms with Gasteiger partial charge in [0.1, 0.15) is 4.88 Å². The summed E-state index contributed by atoms with van der Waals surface area (Å²) in [6, 6.07) is -0.0955. The normalized spacial score (nSPS) is 19.6. The molecule has 0 unspecified atom stereocenters. The van der Waals surface area contributed by atoms with Crippen LogP contribution in [0.15, 0.2) is 0 Å². The predicted octanol–water partition coefficient (Wildman–Crippen LogP) is 0.378. The van der Waals surface area contributed by atoms with Crippen molar-refractivity contribution in [3.05, 3.63) is 15.6 Å². The Labute approximate surface area is 97.3 Å². The number of aromatic nitrogens is 1. The van der Waals surface area contributed by atoms with Crippen LogP contribution in [-0.4, -0.2) is 29.4 Å². The van der Waals surface area contributed by atoms with Gasteiger partial charge in [0.15, 0.2) is 0 Å². The number of amides is 2. The summed E-state index contributed by atoms with van der Waals surface area (Å²) in [5.41, 5.74) is 0.747. The molecule has 0 spiro atoms. The van der Waals surface area contributed by atoms with Crippen molar-refractivity contribution < 1.29 is 9.59 Å². The van der Waals surface area contributed by atoms with Crippen LogP contribution in [0.4, 0.5) is 0 Å². The third kappa shape index (κ3) is 2.21. The van der Waals surface area contributed by atoms with E-state index in [4.69, 9.17) is 0 Å². The summed E-state index contributed by atoms with van der Waals surface area (Å²) in [5.74, 6) is -0.146. The van der Waals surface area contributed by atoms with Crippen LogP contribution in [0.3, 0.4) is 0 Å². The van der Waals surface area contributed by atoms with E-state index in [2.05, 4.69) is 15.6 Å². The van der Waals surface area contributed by atoms with Gasteiger partial charge in [-0.2, -0.15) is 0 Å². The van der Waals surface area contributed by atoms with E-state index < -0.39 is 0 Å². The number of hydrogen-bond donors (Lipinski definition) is 2. The lowest BCUT2D eigenvalue weighted by Gasteiger charge is -2.08. The molecule has 2 amide bonds. The van der Waals surface area contributed by atoms with Crippen molar-refractivity contribution in [1.29, 1.82) is 0 Å². The number of rotatable bonds is 2. The molecule has 0 radical (unpaired) electrons. The van der Waals surface area contributed by atoms with Gasteiger partial charge >= 0.3 is 0 Å². The van der Waals surface area contributed by atoms with E-state index in [-0.39, 0.29) is 17.9 Å². The quantitative estimate of drug-likeness (QED) is 0.783. The van der Waals surface area contributed by atoms with Gasteiger partial charge < -0.3 is 10.6 Å². The Morgan fingerprint density at radius 1 is 1.56 bits per heavy atom. The molecule has 1 saturated heterocycles. The topological polar surface area (TPSA) is 71.1 Å². The monoisotopic (exact) mass is 239 g/mol. The summed E-state index contributed by atoms with van der Waals surface area (Å²) in [5, 5.41) is 6.39. The minimum absolute atomic E-state index is 0.0116. The number of nitrogens with one attached hydrogen (secondary N) is 2. The highest BCUT2D eigenvalue weighted by Crippen LogP contribution is 2.17.